The van der Waals surface area contributed by atoms with Crippen molar-refractivity contribution in [3.63, 3.8) is 0 Å². The van der Waals surface area contributed by atoms with Crippen LogP contribution in [0.15, 0.2) is 6.07 Å². The van der Waals surface area contributed by atoms with Crippen molar-refractivity contribution in [1.82, 2.24) is 4.98 Å². The minimum atomic E-state index is -2.69. The molecule has 0 bridgehead atoms. The van der Waals surface area contributed by atoms with Gasteiger partial charge in [-0.25, -0.2) is 18.6 Å². The predicted octanol–water partition coefficient (Wildman–Crippen LogP) is 3.15. The SMILES string of the molecule is COC(=O)c1cc(I)c(C(F)F)nc1CCl. The highest BCUT2D eigenvalue weighted by Gasteiger charge is 2.20. The molecular formula is C9H7ClF2INO2. The van der Waals surface area contributed by atoms with E-state index in [2.05, 4.69) is 9.72 Å². The van der Waals surface area contributed by atoms with E-state index in [-0.39, 0.29) is 26.4 Å². The molecule has 0 unspecified atom stereocenters. The molecule has 1 heterocycles. The number of aromatic nitrogens is 1. The van der Waals surface area contributed by atoms with Crippen molar-refractivity contribution in [2.24, 2.45) is 0 Å². The van der Waals surface area contributed by atoms with E-state index in [0.29, 0.717) is 0 Å². The Kier molecular flexibility index (Phi) is 4.85. The zero-order valence-corrected chi connectivity index (χ0v) is 11.1. The van der Waals surface area contributed by atoms with Crippen molar-refractivity contribution in [2.75, 3.05) is 7.11 Å². The molecule has 0 saturated carbocycles. The lowest BCUT2D eigenvalue weighted by molar-refractivity contribution is 0.0598. The number of alkyl halides is 3. The Bertz CT molecular complexity index is 415. The van der Waals surface area contributed by atoms with Crippen LogP contribution in [0.4, 0.5) is 8.78 Å². The lowest BCUT2D eigenvalue weighted by Gasteiger charge is -2.09. The third-order valence-electron chi connectivity index (χ3n) is 1.82. The highest BCUT2D eigenvalue weighted by Crippen LogP contribution is 2.25. The highest BCUT2D eigenvalue weighted by molar-refractivity contribution is 14.1. The summed E-state index contributed by atoms with van der Waals surface area (Å²) >= 11 is 7.24. The number of carbonyl (C=O) groups is 1. The number of esters is 1. The quantitative estimate of drug-likeness (QED) is 0.472. The summed E-state index contributed by atoms with van der Waals surface area (Å²) in [5, 5.41) is 0. The van der Waals surface area contributed by atoms with Crippen LogP contribution in [0, 0.1) is 3.57 Å². The monoisotopic (exact) mass is 361 g/mol. The number of carbonyl (C=O) groups excluding carboxylic acids is 1. The van der Waals surface area contributed by atoms with Gasteiger partial charge in [-0.15, -0.1) is 11.6 Å². The molecule has 0 fully saturated rings. The first-order valence-corrected chi connectivity index (χ1v) is 5.74. The lowest BCUT2D eigenvalue weighted by Crippen LogP contribution is -2.10. The molecule has 0 aliphatic rings. The van der Waals surface area contributed by atoms with Gasteiger partial charge in [-0.3, -0.25) is 0 Å². The van der Waals surface area contributed by atoms with Gasteiger partial charge in [0, 0.05) is 3.57 Å². The number of hydrogen-bond donors (Lipinski definition) is 0. The summed E-state index contributed by atoms with van der Waals surface area (Å²) < 4.78 is 29.8. The van der Waals surface area contributed by atoms with Gasteiger partial charge in [-0.2, -0.15) is 0 Å². The second-order valence-electron chi connectivity index (χ2n) is 2.78. The third kappa shape index (κ3) is 2.79. The van der Waals surface area contributed by atoms with Crippen LogP contribution in [0.1, 0.15) is 28.2 Å². The molecule has 0 aliphatic carbocycles. The first kappa shape index (κ1) is 13.6. The van der Waals surface area contributed by atoms with E-state index in [0.717, 1.165) is 0 Å². The Morgan fingerprint density at radius 2 is 2.31 bits per heavy atom. The molecule has 1 rings (SSSR count). The summed E-state index contributed by atoms with van der Waals surface area (Å²) in [6, 6.07) is 1.30. The number of nitrogens with zero attached hydrogens (tertiary/aromatic N) is 1. The van der Waals surface area contributed by atoms with E-state index < -0.39 is 12.4 Å². The van der Waals surface area contributed by atoms with E-state index in [1.165, 1.54) is 13.2 Å². The predicted molar refractivity (Wildman–Crippen MR) is 62.8 cm³/mol. The molecule has 0 saturated heterocycles. The Morgan fingerprint density at radius 3 is 2.75 bits per heavy atom. The van der Waals surface area contributed by atoms with Crippen LogP contribution < -0.4 is 0 Å². The summed E-state index contributed by atoms with van der Waals surface area (Å²) in [5.41, 5.74) is -0.153. The van der Waals surface area contributed by atoms with E-state index >= 15 is 0 Å². The molecule has 0 atom stereocenters. The fraction of sp³-hybridized carbons (Fsp3) is 0.333. The van der Waals surface area contributed by atoms with Crippen molar-refractivity contribution in [1.29, 1.82) is 0 Å². The number of pyridine rings is 1. The molecule has 0 amide bonds. The Morgan fingerprint density at radius 1 is 1.69 bits per heavy atom. The fourth-order valence-corrected chi connectivity index (χ4v) is 1.96. The molecule has 1 aromatic heterocycles. The van der Waals surface area contributed by atoms with E-state index in [4.69, 9.17) is 11.6 Å². The Labute approximate surface area is 109 Å². The maximum absolute atomic E-state index is 12.5. The molecule has 88 valence electrons. The Hall–Kier alpha value is -0.500. The van der Waals surface area contributed by atoms with Gasteiger partial charge in [0.25, 0.3) is 6.43 Å². The molecule has 0 aliphatic heterocycles. The van der Waals surface area contributed by atoms with Crippen molar-refractivity contribution in [3.05, 3.63) is 26.6 Å². The maximum Gasteiger partial charge on any atom is 0.339 e. The molecule has 0 N–H and O–H groups in total. The highest BCUT2D eigenvalue weighted by atomic mass is 127. The van der Waals surface area contributed by atoms with Crippen molar-refractivity contribution < 1.29 is 18.3 Å². The Balaban J connectivity index is 3.32. The minimum Gasteiger partial charge on any atom is -0.465 e. The molecule has 3 nitrogen and oxygen atoms in total. The molecule has 7 heteroatoms. The summed E-state index contributed by atoms with van der Waals surface area (Å²) in [7, 11) is 1.20. The molecule has 0 radical (unpaired) electrons. The summed E-state index contributed by atoms with van der Waals surface area (Å²) in [6.45, 7) is 0. The standard InChI is InChI=1S/C9H7ClF2INO2/c1-16-9(15)4-2-5(13)7(8(11)12)14-6(4)3-10/h2,8H,3H2,1H3. The fourth-order valence-electron chi connectivity index (χ4n) is 1.08. The molecule has 0 aromatic carbocycles. The van der Waals surface area contributed by atoms with Crippen LogP contribution in [-0.2, 0) is 10.6 Å². The minimum absolute atomic E-state index is 0.101. The molecule has 16 heavy (non-hydrogen) atoms. The normalized spacial score (nSPS) is 10.6. The number of methoxy groups -OCH3 is 1. The number of rotatable bonds is 3. The smallest absolute Gasteiger partial charge is 0.339 e. The van der Waals surface area contributed by atoms with Crippen LogP contribution in [0.3, 0.4) is 0 Å². The topological polar surface area (TPSA) is 39.2 Å². The van der Waals surface area contributed by atoms with Gasteiger partial charge in [0.2, 0.25) is 0 Å². The largest absolute Gasteiger partial charge is 0.465 e. The maximum atomic E-state index is 12.5. The van der Waals surface area contributed by atoms with Crippen molar-refractivity contribution in [3.8, 4) is 0 Å². The third-order valence-corrected chi connectivity index (χ3v) is 2.94. The van der Waals surface area contributed by atoms with Gasteiger partial charge < -0.3 is 4.74 Å². The summed E-state index contributed by atoms with van der Waals surface area (Å²) in [5.74, 6) is -0.761. The van der Waals surface area contributed by atoms with Gasteiger partial charge in [0.1, 0.15) is 5.69 Å². The number of hydrogen-bond acceptors (Lipinski definition) is 3. The molecule has 0 spiro atoms. The van der Waals surface area contributed by atoms with Crippen LogP contribution in [0.5, 0.6) is 0 Å². The van der Waals surface area contributed by atoms with E-state index in [9.17, 15) is 13.6 Å². The molecular weight excluding hydrogens is 354 g/mol. The molecule has 1 aromatic rings. The number of halogens is 4. The second-order valence-corrected chi connectivity index (χ2v) is 4.21. The van der Waals surface area contributed by atoms with Gasteiger partial charge in [0.15, 0.2) is 0 Å². The van der Waals surface area contributed by atoms with Crippen molar-refractivity contribution in [2.45, 2.75) is 12.3 Å². The average Bonchev–Trinajstić information content (AvgIpc) is 2.27. The summed E-state index contributed by atoms with van der Waals surface area (Å²) in [6.07, 6.45) is -2.69. The van der Waals surface area contributed by atoms with Crippen molar-refractivity contribution >= 4 is 40.2 Å². The van der Waals surface area contributed by atoms with Crippen LogP contribution in [0.2, 0.25) is 0 Å². The lowest BCUT2D eigenvalue weighted by atomic mass is 10.2. The zero-order valence-electron chi connectivity index (χ0n) is 8.14. The first-order chi connectivity index (χ1) is 7.51. The van der Waals surface area contributed by atoms with Crippen LogP contribution in [-0.4, -0.2) is 18.1 Å². The summed E-state index contributed by atoms with van der Waals surface area (Å²) in [4.78, 5) is 15.0. The van der Waals surface area contributed by atoms with Gasteiger partial charge in [-0.05, 0) is 28.7 Å². The first-order valence-electron chi connectivity index (χ1n) is 4.13. The van der Waals surface area contributed by atoms with Gasteiger partial charge in [-0.1, -0.05) is 0 Å². The van der Waals surface area contributed by atoms with Gasteiger partial charge >= 0.3 is 5.97 Å². The van der Waals surface area contributed by atoms with E-state index in [1.807, 2.05) is 0 Å². The second kappa shape index (κ2) is 5.72. The zero-order chi connectivity index (χ0) is 12.3. The van der Waals surface area contributed by atoms with E-state index in [1.54, 1.807) is 22.6 Å². The van der Waals surface area contributed by atoms with Gasteiger partial charge in [0.05, 0.1) is 24.2 Å². The average molecular weight is 362 g/mol. The number of ether oxygens (including phenoxy) is 1. The van der Waals surface area contributed by atoms with Crippen LogP contribution in [0.25, 0.3) is 0 Å². The van der Waals surface area contributed by atoms with Crippen LogP contribution >= 0.6 is 34.2 Å².